The van der Waals surface area contributed by atoms with E-state index in [0.29, 0.717) is 18.0 Å². The number of rotatable bonds is 8. The fraction of sp³-hybridized carbons (Fsp3) is 0.500. The maximum Gasteiger partial charge on any atom is 0.296 e. The fourth-order valence-electron chi connectivity index (χ4n) is 1.55. The lowest BCUT2D eigenvalue weighted by Crippen LogP contribution is -2.17. The molecule has 0 heterocycles. The first kappa shape index (κ1) is 14.2. The van der Waals surface area contributed by atoms with Crippen LogP contribution in [0.15, 0.2) is 18.2 Å². The number of hydrogen-bond donors (Lipinski definition) is 2. The summed E-state index contributed by atoms with van der Waals surface area (Å²) in [5.41, 5.74) is 0.565. The number of nitro groups is 1. The summed E-state index contributed by atoms with van der Waals surface area (Å²) in [6, 6.07) is 4.80. The van der Waals surface area contributed by atoms with E-state index in [9.17, 15) is 10.1 Å². The van der Waals surface area contributed by atoms with Crippen molar-refractivity contribution in [1.29, 1.82) is 0 Å². The van der Waals surface area contributed by atoms with Crippen LogP contribution < -0.4 is 15.4 Å². The van der Waals surface area contributed by atoms with Crippen molar-refractivity contribution in [1.82, 2.24) is 5.32 Å². The molecule has 100 valence electrons. The van der Waals surface area contributed by atoms with Crippen LogP contribution in [0.5, 0.6) is 5.75 Å². The standard InChI is InChI=1S/C12H19N3O3/c1-3-13-7-4-8-14-11-6-5-10(18-2)9-12(11)15(16)17/h5-6,9,13-14H,3-4,7-8H2,1-2H3. The Bertz CT molecular complexity index is 396. The lowest BCUT2D eigenvalue weighted by molar-refractivity contribution is -0.384. The van der Waals surface area contributed by atoms with Crippen LogP contribution in [0.3, 0.4) is 0 Å². The maximum absolute atomic E-state index is 10.9. The second-order valence-electron chi connectivity index (χ2n) is 3.77. The Balaban J connectivity index is 2.61. The smallest absolute Gasteiger partial charge is 0.296 e. The Morgan fingerprint density at radius 3 is 2.78 bits per heavy atom. The molecule has 0 amide bonds. The second kappa shape index (κ2) is 7.50. The summed E-state index contributed by atoms with van der Waals surface area (Å²) in [5, 5.41) is 17.2. The summed E-state index contributed by atoms with van der Waals surface area (Å²) < 4.78 is 4.98. The Labute approximate surface area is 106 Å². The van der Waals surface area contributed by atoms with Crippen LogP contribution in [0.1, 0.15) is 13.3 Å². The first-order valence-corrected chi connectivity index (χ1v) is 5.96. The summed E-state index contributed by atoms with van der Waals surface area (Å²) in [6.07, 6.45) is 0.914. The zero-order valence-electron chi connectivity index (χ0n) is 10.7. The van der Waals surface area contributed by atoms with Crippen LogP contribution in [0.2, 0.25) is 0 Å². The highest BCUT2D eigenvalue weighted by Gasteiger charge is 2.14. The molecule has 1 aromatic rings. The molecule has 0 radical (unpaired) electrons. The number of anilines is 1. The van der Waals surface area contributed by atoms with Gasteiger partial charge in [0, 0.05) is 6.54 Å². The topological polar surface area (TPSA) is 76.4 Å². The van der Waals surface area contributed by atoms with E-state index in [-0.39, 0.29) is 5.69 Å². The minimum absolute atomic E-state index is 0.0396. The van der Waals surface area contributed by atoms with Gasteiger partial charge in [0.05, 0.1) is 18.1 Å². The molecule has 0 saturated carbocycles. The maximum atomic E-state index is 10.9. The Kier molecular flexibility index (Phi) is 5.93. The molecule has 1 rings (SSSR count). The summed E-state index contributed by atoms with van der Waals surface area (Å²) in [6.45, 7) is 4.57. The predicted molar refractivity (Wildman–Crippen MR) is 71.3 cm³/mol. The van der Waals surface area contributed by atoms with Crippen molar-refractivity contribution in [2.45, 2.75) is 13.3 Å². The van der Waals surface area contributed by atoms with Crippen LogP contribution in [-0.4, -0.2) is 31.7 Å². The van der Waals surface area contributed by atoms with Gasteiger partial charge in [-0.15, -0.1) is 0 Å². The van der Waals surface area contributed by atoms with E-state index >= 15 is 0 Å². The highest BCUT2D eigenvalue weighted by atomic mass is 16.6. The molecular formula is C12H19N3O3. The third kappa shape index (κ3) is 4.21. The van der Waals surface area contributed by atoms with Crippen molar-refractivity contribution in [3.8, 4) is 5.75 Å². The normalized spacial score (nSPS) is 10.1. The minimum atomic E-state index is -0.408. The monoisotopic (exact) mass is 253 g/mol. The van der Waals surface area contributed by atoms with Gasteiger partial charge in [-0.05, 0) is 31.6 Å². The van der Waals surface area contributed by atoms with E-state index in [2.05, 4.69) is 10.6 Å². The number of nitrogens with zero attached hydrogens (tertiary/aromatic N) is 1. The highest BCUT2D eigenvalue weighted by molar-refractivity contribution is 5.63. The second-order valence-corrected chi connectivity index (χ2v) is 3.77. The van der Waals surface area contributed by atoms with Gasteiger partial charge in [-0.1, -0.05) is 6.92 Å². The first-order chi connectivity index (χ1) is 8.69. The van der Waals surface area contributed by atoms with E-state index in [0.717, 1.165) is 19.5 Å². The molecule has 1 aromatic carbocycles. The molecule has 0 saturated heterocycles. The van der Waals surface area contributed by atoms with Gasteiger partial charge in [-0.25, -0.2) is 0 Å². The molecular weight excluding hydrogens is 234 g/mol. The minimum Gasteiger partial charge on any atom is -0.496 e. The average Bonchev–Trinajstić information content (AvgIpc) is 2.38. The Hall–Kier alpha value is -1.82. The zero-order chi connectivity index (χ0) is 13.4. The quantitative estimate of drug-likeness (QED) is 0.421. The zero-order valence-corrected chi connectivity index (χ0v) is 10.7. The van der Waals surface area contributed by atoms with Crippen LogP contribution >= 0.6 is 0 Å². The highest BCUT2D eigenvalue weighted by Crippen LogP contribution is 2.28. The van der Waals surface area contributed by atoms with Gasteiger partial charge in [0.2, 0.25) is 0 Å². The molecule has 0 fully saturated rings. The van der Waals surface area contributed by atoms with E-state index in [4.69, 9.17) is 4.74 Å². The van der Waals surface area contributed by atoms with Gasteiger partial charge in [0.1, 0.15) is 11.4 Å². The largest absolute Gasteiger partial charge is 0.496 e. The van der Waals surface area contributed by atoms with Crippen LogP contribution in [0, 0.1) is 10.1 Å². The van der Waals surface area contributed by atoms with Crippen molar-refractivity contribution in [3.63, 3.8) is 0 Å². The van der Waals surface area contributed by atoms with Crippen LogP contribution in [-0.2, 0) is 0 Å². The number of nitrogens with one attached hydrogen (secondary N) is 2. The molecule has 6 nitrogen and oxygen atoms in total. The van der Waals surface area contributed by atoms with Crippen molar-refractivity contribution in [2.24, 2.45) is 0 Å². The average molecular weight is 253 g/mol. The predicted octanol–water partition coefficient (Wildman–Crippen LogP) is 2.01. The van der Waals surface area contributed by atoms with Crippen molar-refractivity contribution in [3.05, 3.63) is 28.3 Å². The molecule has 2 N–H and O–H groups in total. The van der Waals surface area contributed by atoms with Crippen molar-refractivity contribution in [2.75, 3.05) is 32.1 Å². The molecule has 18 heavy (non-hydrogen) atoms. The molecule has 0 aromatic heterocycles. The lowest BCUT2D eigenvalue weighted by atomic mass is 10.2. The van der Waals surface area contributed by atoms with E-state index in [1.54, 1.807) is 12.1 Å². The molecule has 0 aliphatic heterocycles. The molecule has 6 heteroatoms. The van der Waals surface area contributed by atoms with Gasteiger partial charge in [0.25, 0.3) is 5.69 Å². The van der Waals surface area contributed by atoms with Crippen LogP contribution in [0.25, 0.3) is 0 Å². The van der Waals surface area contributed by atoms with E-state index < -0.39 is 4.92 Å². The molecule has 0 spiro atoms. The van der Waals surface area contributed by atoms with E-state index in [1.165, 1.54) is 13.2 Å². The number of benzene rings is 1. The van der Waals surface area contributed by atoms with Crippen molar-refractivity contribution < 1.29 is 9.66 Å². The first-order valence-electron chi connectivity index (χ1n) is 5.96. The van der Waals surface area contributed by atoms with Gasteiger partial charge in [-0.2, -0.15) is 0 Å². The number of ether oxygens (including phenoxy) is 1. The molecule has 0 atom stereocenters. The molecule has 0 bridgehead atoms. The molecule has 0 aliphatic rings. The van der Waals surface area contributed by atoms with Gasteiger partial charge < -0.3 is 15.4 Å². The Morgan fingerprint density at radius 2 is 2.17 bits per heavy atom. The molecule has 0 aliphatic carbocycles. The Morgan fingerprint density at radius 1 is 1.39 bits per heavy atom. The third-order valence-corrected chi connectivity index (χ3v) is 2.50. The van der Waals surface area contributed by atoms with Gasteiger partial charge >= 0.3 is 0 Å². The number of nitro benzene ring substituents is 1. The number of hydrogen-bond acceptors (Lipinski definition) is 5. The third-order valence-electron chi connectivity index (χ3n) is 2.50. The van der Waals surface area contributed by atoms with Crippen molar-refractivity contribution >= 4 is 11.4 Å². The summed E-state index contributed by atoms with van der Waals surface area (Å²) in [4.78, 5) is 10.5. The SMILES string of the molecule is CCNCCCNc1ccc(OC)cc1[N+](=O)[O-]. The van der Waals surface area contributed by atoms with Crippen LogP contribution in [0.4, 0.5) is 11.4 Å². The number of methoxy groups -OCH3 is 1. The van der Waals surface area contributed by atoms with Gasteiger partial charge in [0.15, 0.2) is 0 Å². The summed E-state index contributed by atoms with van der Waals surface area (Å²) in [5.74, 6) is 0.486. The molecule has 0 unspecified atom stereocenters. The summed E-state index contributed by atoms with van der Waals surface area (Å²) in [7, 11) is 1.49. The fourth-order valence-corrected chi connectivity index (χ4v) is 1.55. The van der Waals surface area contributed by atoms with E-state index in [1.807, 2.05) is 6.92 Å². The summed E-state index contributed by atoms with van der Waals surface area (Å²) >= 11 is 0. The van der Waals surface area contributed by atoms with Gasteiger partial charge in [-0.3, -0.25) is 10.1 Å². The lowest BCUT2D eigenvalue weighted by Gasteiger charge is -2.08.